The molecule has 17 heavy (non-hydrogen) atoms. The maximum absolute atomic E-state index is 12.7. The Morgan fingerprint density at radius 2 is 2.00 bits per heavy atom. The van der Waals surface area contributed by atoms with Gasteiger partial charge in [0.05, 0.1) is 5.69 Å². The van der Waals surface area contributed by atoms with Gasteiger partial charge in [-0.05, 0) is 17.5 Å². The number of thiophene rings is 1. The zero-order valence-corrected chi connectivity index (χ0v) is 9.51. The Labute approximate surface area is 101 Å². The number of amides is 1. The zero-order chi connectivity index (χ0) is 12.3. The minimum absolute atomic E-state index is 0.00806. The Hall–Kier alpha value is -1.75. The summed E-state index contributed by atoms with van der Waals surface area (Å²) in [6.45, 7) is 0. The highest BCUT2D eigenvalue weighted by Gasteiger charge is 2.17. The van der Waals surface area contributed by atoms with Crippen molar-refractivity contribution < 1.29 is 13.6 Å². The Bertz CT molecular complexity index is 511. The number of carbonyl (C=O) groups excluding carboxylic acids is 1. The predicted octanol–water partition coefficient (Wildman–Crippen LogP) is 3.94. The van der Waals surface area contributed by atoms with Gasteiger partial charge < -0.3 is 5.32 Å². The standard InChI is InChI=1S/C12H9F2NOS/c13-11(14)9-3-1-2-4-10(9)12(16)15-8-5-6-17-7-8/h1-7,11H,(H,15,16). The molecule has 2 aromatic rings. The summed E-state index contributed by atoms with van der Waals surface area (Å²) in [6.07, 6.45) is -2.65. The Kier molecular flexibility index (Phi) is 3.49. The highest BCUT2D eigenvalue weighted by molar-refractivity contribution is 7.08. The summed E-state index contributed by atoms with van der Waals surface area (Å²) in [6, 6.07) is 7.42. The van der Waals surface area contributed by atoms with Gasteiger partial charge in [0, 0.05) is 16.5 Å². The van der Waals surface area contributed by atoms with E-state index in [9.17, 15) is 13.6 Å². The van der Waals surface area contributed by atoms with E-state index in [-0.39, 0.29) is 11.1 Å². The molecule has 1 N–H and O–H groups in total. The summed E-state index contributed by atoms with van der Waals surface area (Å²) < 4.78 is 25.4. The van der Waals surface area contributed by atoms with Crippen molar-refractivity contribution in [3.8, 4) is 0 Å². The predicted molar refractivity (Wildman–Crippen MR) is 63.7 cm³/mol. The Balaban J connectivity index is 2.25. The van der Waals surface area contributed by atoms with Gasteiger partial charge in [-0.25, -0.2) is 8.78 Å². The maximum Gasteiger partial charge on any atom is 0.264 e. The highest BCUT2D eigenvalue weighted by Crippen LogP contribution is 2.23. The van der Waals surface area contributed by atoms with Crippen LogP contribution in [0.5, 0.6) is 0 Å². The molecule has 2 nitrogen and oxygen atoms in total. The van der Waals surface area contributed by atoms with Crippen molar-refractivity contribution in [3.05, 3.63) is 52.2 Å². The molecule has 0 radical (unpaired) electrons. The first kappa shape index (κ1) is 11.7. The first-order valence-corrected chi connectivity index (χ1v) is 5.83. The molecule has 0 aliphatic carbocycles. The van der Waals surface area contributed by atoms with Gasteiger partial charge >= 0.3 is 0 Å². The van der Waals surface area contributed by atoms with E-state index in [2.05, 4.69) is 5.32 Å². The van der Waals surface area contributed by atoms with Crippen LogP contribution >= 0.6 is 11.3 Å². The summed E-state index contributed by atoms with van der Waals surface area (Å²) in [5, 5.41) is 6.11. The second kappa shape index (κ2) is 5.05. The lowest BCUT2D eigenvalue weighted by Crippen LogP contribution is -2.13. The van der Waals surface area contributed by atoms with Gasteiger partial charge in [0.15, 0.2) is 0 Å². The maximum atomic E-state index is 12.7. The number of nitrogens with one attached hydrogen (secondary N) is 1. The highest BCUT2D eigenvalue weighted by atomic mass is 32.1. The van der Waals surface area contributed by atoms with Crippen molar-refractivity contribution >= 4 is 22.9 Å². The molecule has 1 amide bonds. The molecule has 88 valence electrons. The van der Waals surface area contributed by atoms with E-state index in [4.69, 9.17) is 0 Å². The van der Waals surface area contributed by atoms with Gasteiger partial charge in [0.2, 0.25) is 0 Å². The summed E-state index contributed by atoms with van der Waals surface area (Å²) in [4.78, 5) is 11.8. The second-order valence-electron chi connectivity index (χ2n) is 3.35. The fourth-order valence-corrected chi connectivity index (χ4v) is 2.02. The molecular formula is C12H9F2NOS. The van der Waals surface area contributed by atoms with Crippen molar-refractivity contribution in [3.63, 3.8) is 0 Å². The summed E-state index contributed by atoms with van der Waals surface area (Å²) in [5.41, 5.74) is 0.373. The average Bonchev–Trinajstić information content (AvgIpc) is 2.81. The first-order valence-electron chi connectivity index (χ1n) is 4.89. The van der Waals surface area contributed by atoms with Crippen LogP contribution in [0, 0.1) is 0 Å². The zero-order valence-electron chi connectivity index (χ0n) is 8.69. The van der Waals surface area contributed by atoms with Crippen LogP contribution in [0.4, 0.5) is 14.5 Å². The van der Waals surface area contributed by atoms with Crippen LogP contribution in [-0.4, -0.2) is 5.91 Å². The number of halogens is 2. The molecule has 0 saturated heterocycles. The van der Waals surface area contributed by atoms with Crippen molar-refractivity contribution in [1.29, 1.82) is 0 Å². The molecule has 0 aliphatic heterocycles. The number of hydrogen-bond acceptors (Lipinski definition) is 2. The molecule has 0 unspecified atom stereocenters. The Morgan fingerprint density at radius 1 is 1.24 bits per heavy atom. The molecule has 0 aliphatic rings. The van der Waals surface area contributed by atoms with E-state index in [0.29, 0.717) is 5.69 Å². The minimum atomic E-state index is -2.65. The lowest BCUT2D eigenvalue weighted by Gasteiger charge is -2.08. The SMILES string of the molecule is O=C(Nc1ccsc1)c1ccccc1C(F)F. The third-order valence-electron chi connectivity index (χ3n) is 2.22. The van der Waals surface area contributed by atoms with Crippen molar-refractivity contribution in [2.24, 2.45) is 0 Å². The number of rotatable bonds is 3. The third-order valence-corrected chi connectivity index (χ3v) is 2.90. The molecule has 0 saturated carbocycles. The van der Waals surface area contributed by atoms with Gasteiger partial charge in [-0.3, -0.25) is 4.79 Å². The fraction of sp³-hybridized carbons (Fsp3) is 0.0833. The van der Waals surface area contributed by atoms with E-state index in [1.54, 1.807) is 22.9 Å². The number of benzene rings is 1. The second-order valence-corrected chi connectivity index (χ2v) is 4.13. The molecule has 5 heteroatoms. The van der Waals surface area contributed by atoms with Crippen LogP contribution in [0.25, 0.3) is 0 Å². The Morgan fingerprint density at radius 3 is 2.65 bits per heavy atom. The third kappa shape index (κ3) is 2.68. The van der Waals surface area contributed by atoms with E-state index in [1.165, 1.54) is 29.5 Å². The van der Waals surface area contributed by atoms with Gasteiger partial charge in [0.25, 0.3) is 12.3 Å². The largest absolute Gasteiger partial charge is 0.321 e. The van der Waals surface area contributed by atoms with Gasteiger partial charge in [-0.2, -0.15) is 11.3 Å². The van der Waals surface area contributed by atoms with E-state index < -0.39 is 12.3 Å². The van der Waals surface area contributed by atoms with Crippen molar-refractivity contribution in [2.45, 2.75) is 6.43 Å². The van der Waals surface area contributed by atoms with Crippen LogP contribution in [0.2, 0.25) is 0 Å². The van der Waals surface area contributed by atoms with Crippen LogP contribution in [0.15, 0.2) is 41.1 Å². The molecule has 0 bridgehead atoms. The average molecular weight is 253 g/mol. The van der Waals surface area contributed by atoms with Crippen LogP contribution in [0.3, 0.4) is 0 Å². The molecular weight excluding hydrogens is 244 g/mol. The molecule has 0 atom stereocenters. The summed E-state index contributed by atoms with van der Waals surface area (Å²) >= 11 is 1.42. The smallest absolute Gasteiger partial charge is 0.264 e. The summed E-state index contributed by atoms with van der Waals surface area (Å²) in [5.74, 6) is -0.515. The number of carbonyl (C=O) groups is 1. The van der Waals surface area contributed by atoms with Gasteiger partial charge in [-0.1, -0.05) is 18.2 Å². The first-order chi connectivity index (χ1) is 8.18. The molecule has 1 aromatic heterocycles. The topological polar surface area (TPSA) is 29.1 Å². The number of anilines is 1. The van der Waals surface area contributed by atoms with Gasteiger partial charge in [0.1, 0.15) is 0 Å². The molecule has 1 aromatic carbocycles. The monoisotopic (exact) mass is 253 g/mol. The molecule has 0 fully saturated rings. The van der Waals surface area contributed by atoms with E-state index >= 15 is 0 Å². The number of hydrogen-bond donors (Lipinski definition) is 1. The number of alkyl halides is 2. The quantitative estimate of drug-likeness (QED) is 0.882. The van der Waals surface area contributed by atoms with Crippen molar-refractivity contribution in [1.82, 2.24) is 0 Å². The molecule has 2 rings (SSSR count). The lowest BCUT2D eigenvalue weighted by atomic mass is 10.1. The fourth-order valence-electron chi connectivity index (χ4n) is 1.43. The van der Waals surface area contributed by atoms with Crippen LogP contribution in [0.1, 0.15) is 22.3 Å². The minimum Gasteiger partial charge on any atom is -0.321 e. The summed E-state index contributed by atoms with van der Waals surface area (Å²) in [7, 11) is 0. The van der Waals surface area contributed by atoms with Crippen LogP contribution in [-0.2, 0) is 0 Å². The molecule has 1 heterocycles. The lowest BCUT2D eigenvalue weighted by molar-refractivity contribution is 0.101. The van der Waals surface area contributed by atoms with E-state index in [1.807, 2.05) is 0 Å². The van der Waals surface area contributed by atoms with E-state index in [0.717, 1.165) is 0 Å². The van der Waals surface area contributed by atoms with Crippen LogP contribution < -0.4 is 5.32 Å². The van der Waals surface area contributed by atoms with Crippen molar-refractivity contribution in [2.75, 3.05) is 5.32 Å². The molecule has 0 spiro atoms. The normalized spacial score (nSPS) is 10.5. The van der Waals surface area contributed by atoms with Gasteiger partial charge in [-0.15, -0.1) is 0 Å².